The van der Waals surface area contributed by atoms with Crippen LogP contribution < -0.4 is 10.9 Å². The number of pyridine rings is 1. The molecule has 2 amide bonds. The number of carbonyl (C=O) groups is 2. The third kappa shape index (κ3) is 3.62. The third-order valence-electron chi connectivity index (χ3n) is 5.68. The summed E-state index contributed by atoms with van der Waals surface area (Å²) in [5, 5.41) is 10.4. The summed E-state index contributed by atoms with van der Waals surface area (Å²) in [5.41, 5.74) is 2.77. The first-order chi connectivity index (χ1) is 14.4. The zero-order valence-corrected chi connectivity index (χ0v) is 18.0. The van der Waals surface area contributed by atoms with Gasteiger partial charge in [0.2, 0.25) is 11.8 Å². The molecule has 1 unspecified atom stereocenters. The van der Waals surface area contributed by atoms with Crippen LogP contribution in [0.4, 0.5) is 5.13 Å². The lowest BCUT2D eigenvalue weighted by Gasteiger charge is -2.23. The van der Waals surface area contributed by atoms with Crippen LogP contribution in [-0.4, -0.2) is 49.0 Å². The summed E-state index contributed by atoms with van der Waals surface area (Å²) < 4.78 is 1.66. The number of likely N-dealkylation sites (tertiary alicyclic amines) is 1. The Morgan fingerprint density at radius 3 is 2.90 bits per heavy atom. The molecule has 1 aliphatic rings. The Balaban J connectivity index is 1.48. The number of rotatable bonds is 5. The Kier molecular flexibility index (Phi) is 5.42. The van der Waals surface area contributed by atoms with Gasteiger partial charge < -0.3 is 15.2 Å². The third-order valence-corrected chi connectivity index (χ3v) is 6.37. The quantitative estimate of drug-likeness (QED) is 0.644. The van der Waals surface area contributed by atoms with Crippen molar-refractivity contribution >= 4 is 39.3 Å². The predicted molar refractivity (Wildman–Crippen MR) is 115 cm³/mol. The van der Waals surface area contributed by atoms with Gasteiger partial charge in [-0.3, -0.25) is 19.1 Å². The molecule has 9 nitrogen and oxygen atoms in total. The number of aromatic amines is 1. The van der Waals surface area contributed by atoms with Crippen LogP contribution in [0.2, 0.25) is 0 Å². The highest BCUT2D eigenvalue weighted by Gasteiger charge is 2.34. The van der Waals surface area contributed by atoms with E-state index < -0.39 is 6.04 Å². The van der Waals surface area contributed by atoms with Crippen molar-refractivity contribution in [2.75, 3.05) is 11.9 Å². The lowest BCUT2D eigenvalue weighted by Crippen LogP contribution is -2.43. The molecule has 2 N–H and O–H groups in total. The van der Waals surface area contributed by atoms with Crippen molar-refractivity contribution in [3.63, 3.8) is 0 Å². The molecule has 30 heavy (non-hydrogen) atoms. The van der Waals surface area contributed by atoms with E-state index in [1.165, 1.54) is 11.3 Å². The number of fused-ring (bicyclic) bond motifs is 1. The van der Waals surface area contributed by atoms with Gasteiger partial charge in [-0.05, 0) is 38.7 Å². The highest BCUT2D eigenvalue weighted by molar-refractivity contribution is 7.13. The second-order valence-electron chi connectivity index (χ2n) is 7.56. The molecule has 0 bridgehead atoms. The van der Waals surface area contributed by atoms with Gasteiger partial charge >= 0.3 is 0 Å². The summed E-state index contributed by atoms with van der Waals surface area (Å²) in [6, 6.07) is -0.496. The fraction of sp³-hybridized carbons (Fsp3) is 0.450. The van der Waals surface area contributed by atoms with Crippen molar-refractivity contribution in [1.82, 2.24) is 24.6 Å². The number of nitrogens with one attached hydrogen (secondary N) is 2. The number of aromatic nitrogens is 4. The minimum Gasteiger partial charge on any atom is -0.331 e. The molecule has 4 heterocycles. The van der Waals surface area contributed by atoms with Gasteiger partial charge in [-0.25, -0.2) is 4.98 Å². The molecule has 3 aromatic heterocycles. The van der Waals surface area contributed by atoms with E-state index in [4.69, 9.17) is 0 Å². The summed E-state index contributed by atoms with van der Waals surface area (Å²) in [5.74, 6) is -0.328. The monoisotopic (exact) mass is 428 g/mol. The smallest absolute Gasteiger partial charge is 0.253 e. The Morgan fingerprint density at radius 2 is 2.17 bits per heavy atom. The van der Waals surface area contributed by atoms with E-state index in [-0.39, 0.29) is 23.8 Å². The number of hydrogen-bond donors (Lipinski definition) is 2. The lowest BCUT2D eigenvalue weighted by molar-refractivity contribution is -0.136. The van der Waals surface area contributed by atoms with Crippen molar-refractivity contribution in [2.45, 2.75) is 45.6 Å². The largest absolute Gasteiger partial charge is 0.331 e. The van der Waals surface area contributed by atoms with E-state index in [0.29, 0.717) is 35.7 Å². The van der Waals surface area contributed by atoms with E-state index in [1.807, 2.05) is 13.8 Å². The number of hydrogen-bond acceptors (Lipinski definition) is 6. The maximum atomic E-state index is 12.9. The Labute approximate surface area is 177 Å². The standard InChI is InChI=1S/C20H24N6O3S/c1-11-13(18(28)22-17-16(11)12(2)24-25(17)3)6-7-15(27)26-9-4-5-14(26)19(29)23-20-21-8-10-30-20/h8,10,14H,4-7,9H2,1-3H3,(H,22,28)(H,21,23,29). The second-order valence-corrected chi connectivity index (χ2v) is 8.46. The van der Waals surface area contributed by atoms with Crippen LogP contribution in [-0.2, 0) is 23.1 Å². The van der Waals surface area contributed by atoms with Crippen LogP contribution in [0.3, 0.4) is 0 Å². The van der Waals surface area contributed by atoms with Crippen molar-refractivity contribution in [3.8, 4) is 0 Å². The highest BCUT2D eigenvalue weighted by Crippen LogP contribution is 2.24. The highest BCUT2D eigenvalue weighted by atomic mass is 32.1. The fourth-order valence-corrected chi connectivity index (χ4v) is 4.77. The maximum Gasteiger partial charge on any atom is 0.253 e. The molecule has 0 spiro atoms. The van der Waals surface area contributed by atoms with Gasteiger partial charge in [0.1, 0.15) is 11.7 Å². The van der Waals surface area contributed by atoms with Gasteiger partial charge in [-0.2, -0.15) is 5.10 Å². The first-order valence-electron chi connectivity index (χ1n) is 9.91. The maximum absolute atomic E-state index is 12.9. The van der Waals surface area contributed by atoms with Crippen LogP contribution in [0.1, 0.15) is 36.1 Å². The first kappa shape index (κ1) is 20.3. The molecule has 1 atom stereocenters. The van der Waals surface area contributed by atoms with Gasteiger partial charge in [-0.15, -0.1) is 11.3 Å². The molecule has 10 heteroatoms. The molecule has 0 aliphatic carbocycles. The van der Waals surface area contributed by atoms with Crippen molar-refractivity contribution < 1.29 is 9.59 Å². The average Bonchev–Trinajstić information content (AvgIpc) is 3.43. The van der Waals surface area contributed by atoms with Crippen LogP contribution in [0.15, 0.2) is 16.4 Å². The van der Waals surface area contributed by atoms with E-state index >= 15 is 0 Å². The summed E-state index contributed by atoms with van der Waals surface area (Å²) in [6.45, 7) is 4.34. The number of aryl methyl sites for hydroxylation is 3. The van der Waals surface area contributed by atoms with Gasteiger partial charge in [0, 0.05) is 42.5 Å². The SMILES string of the molecule is Cc1nn(C)c2[nH]c(=O)c(CCC(=O)N3CCCC3C(=O)Nc3nccs3)c(C)c12. The van der Waals surface area contributed by atoms with Gasteiger partial charge in [0.15, 0.2) is 5.13 Å². The minimum absolute atomic E-state index is 0.117. The summed E-state index contributed by atoms with van der Waals surface area (Å²) in [7, 11) is 1.79. The van der Waals surface area contributed by atoms with E-state index in [0.717, 1.165) is 23.1 Å². The molecule has 158 valence electrons. The van der Waals surface area contributed by atoms with Crippen molar-refractivity contribution in [2.24, 2.45) is 7.05 Å². The van der Waals surface area contributed by atoms with Crippen molar-refractivity contribution in [1.29, 1.82) is 0 Å². The topological polar surface area (TPSA) is 113 Å². The van der Waals surface area contributed by atoms with Gasteiger partial charge in [0.05, 0.1) is 5.69 Å². The molecule has 0 aromatic carbocycles. The molecule has 1 aliphatic heterocycles. The molecule has 4 rings (SSSR count). The number of carbonyl (C=O) groups excluding carboxylic acids is 2. The summed E-state index contributed by atoms with van der Waals surface area (Å²) in [6.07, 6.45) is 3.53. The van der Waals surface area contributed by atoms with Crippen LogP contribution >= 0.6 is 11.3 Å². The molecule has 3 aromatic rings. The van der Waals surface area contributed by atoms with E-state index in [2.05, 4.69) is 20.4 Å². The minimum atomic E-state index is -0.496. The second kappa shape index (κ2) is 8.02. The Morgan fingerprint density at radius 1 is 1.37 bits per heavy atom. The average molecular weight is 429 g/mol. The first-order valence-corrected chi connectivity index (χ1v) is 10.8. The zero-order chi connectivity index (χ0) is 21.4. The number of amides is 2. The molecule has 1 fully saturated rings. The normalized spacial score (nSPS) is 16.4. The van der Waals surface area contributed by atoms with E-state index in [9.17, 15) is 14.4 Å². The summed E-state index contributed by atoms with van der Waals surface area (Å²) >= 11 is 1.34. The lowest BCUT2D eigenvalue weighted by atomic mass is 10.0. The van der Waals surface area contributed by atoms with E-state index in [1.54, 1.807) is 28.2 Å². The molecular weight excluding hydrogens is 404 g/mol. The van der Waals surface area contributed by atoms with Gasteiger partial charge in [0.25, 0.3) is 5.56 Å². The Hall–Kier alpha value is -3.01. The van der Waals surface area contributed by atoms with Gasteiger partial charge in [-0.1, -0.05) is 0 Å². The zero-order valence-electron chi connectivity index (χ0n) is 17.2. The molecule has 1 saturated heterocycles. The molecule has 0 saturated carbocycles. The predicted octanol–water partition coefficient (Wildman–Crippen LogP) is 1.90. The Bertz CT molecular complexity index is 1160. The molecular formula is C20H24N6O3S. The number of nitrogens with zero attached hydrogens (tertiary/aromatic N) is 4. The number of anilines is 1. The fourth-order valence-electron chi connectivity index (χ4n) is 4.24. The number of H-pyrrole nitrogens is 1. The number of thiazole rings is 1. The van der Waals surface area contributed by atoms with Crippen LogP contribution in [0, 0.1) is 13.8 Å². The molecule has 0 radical (unpaired) electrons. The van der Waals surface area contributed by atoms with Crippen LogP contribution in [0.5, 0.6) is 0 Å². The summed E-state index contributed by atoms with van der Waals surface area (Å²) in [4.78, 5) is 46.7. The van der Waals surface area contributed by atoms with Crippen LogP contribution in [0.25, 0.3) is 11.0 Å². The van der Waals surface area contributed by atoms with Crippen molar-refractivity contribution in [3.05, 3.63) is 38.8 Å².